The predicted octanol–water partition coefficient (Wildman–Crippen LogP) is 6.47. The van der Waals surface area contributed by atoms with Crippen LogP contribution in [-0.4, -0.2) is 29.8 Å². The van der Waals surface area contributed by atoms with Crippen LogP contribution < -0.4 is 4.90 Å². The first kappa shape index (κ1) is 21.4. The minimum atomic E-state index is -0.365. The first-order valence-corrected chi connectivity index (χ1v) is 10.1. The van der Waals surface area contributed by atoms with Crippen molar-refractivity contribution in [3.05, 3.63) is 53.8 Å². The van der Waals surface area contributed by atoms with Crippen molar-refractivity contribution in [2.24, 2.45) is 15.2 Å². The van der Waals surface area contributed by atoms with Gasteiger partial charge in [0, 0.05) is 36.7 Å². The third kappa shape index (κ3) is 6.66. The number of thiol groups is 1. The van der Waals surface area contributed by atoms with Gasteiger partial charge in [-0.3, -0.25) is 4.99 Å². The van der Waals surface area contributed by atoms with Gasteiger partial charge in [0.15, 0.2) is 0 Å². The van der Waals surface area contributed by atoms with E-state index in [1.807, 2.05) is 64.0 Å². The van der Waals surface area contributed by atoms with Gasteiger partial charge in [-0.25, -0.2) is 4.39 Å². The number of azo groups is 1. The normalized spacial score (nSPS) is 13.4. The molecule has 2 aromatic carbocycles. The van der Waals surface area contributed by atoms with Crippen molar-refractivity contribution in [3.63, 3.8) is 0 Å². The Morgan fingerprint density at radius 2 is 1.59 bits per heavy atom. The Balaban J connectivity index is 2.22. The van der Waals surface area contributed by atoms with Crippen molar-refractivity contribution in [1.82, 2.24) is 0 Å². The second-order valence-electron chi connectivity index (χ2n) is 6.51. The highest BCUT2D eigenvalue weighted by Crippen LogP contribution is 2.26. The van der Waals surface area contributed by atoms with E-state index in [0.29, 0.717) is 27.2 Å². The van der Waals surface area contributed by atoms with Gasteiger partial charge in [0.25, 0.3) is 0 Å². The summed E-state index contributed by atoms with van der Waals surface area (Å²) in [7, 11) is 3.95. The van der Waals surface area contributed by atoms with Crippen LogP contribution in [0.25, 0.3) is 0 Å². The molecule has 0 aliphatic heterocycles. The lowest BCUT2D eigenvalue weighted by atomic mass is 10.2. The minimum Gasteiger partial charge on any atom is -0.378 e. The van der Waals surface area contributed by atoms with Crippen LogP contribution in [0, 0.1) is 5.82 Å². The third-order valence-corrected chi connectivity index (χ3v) is 4.62. The average Bonchev–Trinajstić information content (AvgIpc) is 2.59. The van der Waals surface area contributed by atoms with Gasteiger partial charge in [-0.2, -0.15) is 22.9 Å². The van der Waals surface area contributed by atoms with E-state index in [4.69, 9.17) is 0 Å². The van der Waals surface area contributed by atoms with Crippen LogP contribution >= 0.6 is 24.4 Å². The standard InChI is InChI=1S/C20H25FN4S2/c1-13(2)27-20(22-14(3)26)18-11-8-16(12-19(18)21)24-23-15-6-9-17(10-7-15)25(4)5/h6-14,26H,1-5H3/b22-20-,24-23+. The van der Waals surface area contributed by atoms with Gasteiger partial charge in [0.05, 0.1) is 16.7 Å². The van der Waals surface area contributed by atoms with E-state index in [1.54, 1.807) is 12.1 Å². The predicted molar refractivity (Wildman–Crippen MR) is 119 cm³/mol. The molecular formula is C20H25FN4S2. The molecule has 2 rings (SSSR count). The number of hydrogen-bond acceptors (Lipinski definition) is 6. The molecule has 0 saturated carbocycles. The van der Waals surface area contributed by atoms with Crippen molar-refractivity contribution in [1.29, 1.82) is 0 Å². The Labute approximate surface area is 170 Å². The summed E-state index contributed by atoms with van der Waals surface area (Å²) in [6.45, 7) is 5.95. The molecule has 0 aliphatic rings. The van der Waals surface area contributed by atoms with Crippen LogP contribution in [0.3, 0.4) is 0 Å². The summed E-state index contributed by atoms with van der Waals surface area (Å²) in [4.78, 5) is 6.45. The van der Waals surface area contributed by atoms with Gasteiger partial charge < -0.3 is 4.90 Å². The van der Waals surface area contributed by atoms with Crippen molar-refractivity contribution in [3.8, 4) is 0 Å². The summed E-state index contributed by atoms with van der Waals surface area (Å²) in [6, 6.07) is 12.5. The lowest BCUT2D eigenvalue weighted by Crippen LogP contribution is -2.07. The summed E-state index contributed by atoms with van der Waals surface area (Å²) in [6.07, 6.45) is 0. The highest BCUT2D eigenvalue weighted by molar-refractivity contribution is 8.14. The van der Waals surface area contributed by atoms with E-state index < -0.39 is 0 Å². The van der Waals surface area contributed by atoms with Crippen molar-refractivity contribution in [2.45, 2.75) is 31.4 Å². The van der Waals surface area contributed by atoms with E-state index in [9.17, 15) is 4.39 Å². The molecule has 0 saturated heterocycles. The molecule has 0 aromatic heterocycles. The van der Waals surface area contributed by atoms with Crippen LogP contribution in [0.2, 0.25) is 0 Å². The lowest BCUT2D eigenvalue weighted by molar-refractivity contribution is 0.626. The molecule has 7 heteroatoms. The summed E-state index contributed by atoms with van der Waals surface area (Å²) in [5.41, 5.74) is 2.72. The quantitative estimate of drug-likeness (QED) is 0.259. The Bertz CT molecular complexity index is 815. The van der Waals surface area contributed by atoms with Crippen LogP contribution in [0.4, 0.5) is 21.5 Å². The zero-order chi connectivity index (χ0) is 20.0. The van der Waals surface area contributed by atoms with Crippen LogP contribution in [0.5, 0.6) is 0 Å². The molecule has 4 nitrogen and oxygen atoms in total. The Morgan fingerprint density at radius 1 is 1.00 bits per heavy atom. The van der Waals surface area contributed by atoms with E-state index in [0.717, 1.165) is 5.69 Å². The number of nitrogens with zero attached hydrogens (tertiary/aromatic N) is 4. The number of halogens is 1. The van der Waals surface area contributed by atoms with Gasteiger partial charge in [-0.1, -0.05) is 13.8 Å². The SMILES string of the molecule is CC(S)/N=C(\SC(C)C)c1ccc(/N=N/c2ccc(N(C)C)cc2)cc1F. The number of hydrogen-bond donors (Lipinski definition) is 1. The summed E-state index contributed by atoms with van der Waals surface area (Å²) < 4.78 is 14.6. The van der Waals surface area contributed by atoms with E-state index >= 15 is 0 Å². The first-order valence-electron chi connectivity index (χ1n) is 8.68. The molecular weight excluding hydrogens is 379 g/mol. The maximum atomic E-state index is 14.6. The second kappa shape index (κ2) is 9.90. The van der Waals surface area contributed by atoms with Gasteiger partial charge in [0.1, 0.15) is 10.9 Å². The Kier molecular flexibility index (Phi) is 7.86. The fraction of sp³-hybridized carbons (Fsp3) is 0.350. The maximum Gasteiger partial charge on any atom is 0.135 e. The summed E-state index contributed by atoms with van der Waals surface area (Å²) in [5, 5.41) is 9.06. The van der Waals surface area contributed by atoms with Gasteiger partial charge in [-0.05, 0) is 43.3 Å². The second-order valence-corrected chi connectivity index (χ2v) is 8.82. The molecule has 0 spiro atoms. The smallest absolute Gasteiger partial charge is 0.135 e. The molecule has 1 unspecified atom stereocenters. The summed E-state index contributed by atoms with van der Waals surface area (Å²) >= 11 is 5.82. The van der Waals surface area contributed by atoms with Gasteiger partial charge in [-0.15, -0.1) is 11.8 Å². The molecule has 0 radical (unpaired) electrons. The monoisotopic (exact) mass is 404 g/mol. The van der Waals surface area contributed by atoms with Gasteiger partial charge in [0.2, 0.25) is 0 Å². The molecule has 0 N–H and O–H groups in total. The van der Waals surface area contributed by atoms with E-state index in [2.05, 4.69) is 27.8 Å². The molecule has 27 heavy (non-hydrogen) atoms. The number of rotatable bonds is 6. The Morgan fingerprint density at radius 3 is 2.11 bits per heavy atom. The van der Waals surface area contributed by atoms with Crippen molar-refractivity contribution in [2.75, 3.05) is 19.0 Å². The molecule has 144 valence electrons. The van der Waals surface area contributed by atoms with E-state index in [-0.39, 0.29) is 11.2 Å². The largest absolute Gasteiger partial charge is 0.378 e. The highest BCUT2D eigenvalue weighted by atomic mass is 32.2. The van der Waals surface area contributed by atoms with E-state index in [1.165, 1.54) is 17.8 Å². The zero-order valence-corrected chi connectivity index (χ0v) is 17.9. The third-order valence-electron chi connectivity index (χ3n) is 3.48. The number of benzene rings is 2. The van der Waals surface area contributed by atoms with Crippen LogP contribution in [0.15, 0.2) is 57.7 Å². The molecule has 0 aliphatic carbocycles. The average molecular weight is 405 g/mol. The number of thioether (sulfide) groups is 1. The lowest BCUT2D eigenvalue weighted by Gasteiger charge is -2.12. The summed E-state index contributed by atoms with van der Waals surface area (Å²) in [5.74, 6) is -0.365. The molecule has 0 bridgehead atoms. The Hall–Kier alpha value is -1.86. The van der Waals surface area contributed by atoms with Gasteiger partial charge >= 0.3 is 0 Å². The van der Waals surface area contributed by atoms with Crippen molar-refractivity contribution >= 4 is 46.5 Å². The number of aliphatic imine (C=N–C) groups is 1. The fourth-order valence-corrected chi connectivity index (χ4v) is 3.38. The minimum absolute atomic E-state index is 0.199. The topological polar surface area (TPSA) is 40.3 Å². The maximum absolute atomic E-state index is 14.6. The number of anilines is 1. The fourth-order valence-electron chi connectivity index (χ4n) is 2.23. The molecule has 0 fully saturated rings. The molecule has 0 heterocycles. The van der Waals surface area contributed by atoms with Crippen molar-refractivity contribution < 1.29 is 4.39 Å². The van der Waals surface area contributed by atoms with Crippen LogP contribution in [-0.2, 0) is 0 Å². The zero-order valence-electron chi connectivity index (χ0n) is 16.2. The highest BCUT2D eigenvalue weighted by Gasteiger charge is 2.13. The van der Waals surface area contributed by atoms with Crippen LogP contribution in [0.1, 0.15) is 26.3 Å². The molecule has 2 aromatic rings. The molecule has 0 amide bonds. The first-order chi connectivity index (χ1) is 12.8. The molecule has 1 atom stereocenters.